The number of benzene rings is 1. The zero-order valence-corrected chi connectivity index (χ0v) is 11.2. The molecule has 1 aliphatic rings. The summed E-state index contributed by atoms with van der Waals surface area (Å²) in [6.45, 7) is 3.70. The first kappa shape index (κ1) is 14.4. The maximum atomic E-state index is 13.7. The van der Waals surface area contributed by atoms with Gasteiger partial charge in [0, 0.05) is 31.8 Å². The van der Waals surface area contributed by atoms with E-state index in [2.05, 4.69) is 4.90 Å². The van der Waals surface area contributed by atoms with Gasteiger partial charge in [-0.15, -0.1) is 0 Å². The van der Waals surface area contributed by atoms with Gasteiger partial charge in [-0.05, 0) is 24.8 Å². The Morgan fingerprint density at radius 3 is 2.89 bits per heavy atom. The molecule has 19 heavy (non-hydrogen) atoms. The van der Waals surface area contributed by atoms with Crippen molar-refractivity contribution in [2.75, 3.05) is 32.9 Å². The second kappa shape index (κ2) is 7.58. The topological polar surface area (TPSA) is 32.7 Å². The molecular formula is C15H22FNO2. The number of ether oxygens (including phenoxy) is 1. The second-order valence-corrected chi connectivity index (χ2v) is 5.13. The molecule has 0 amide bonds. The lowest BCUT2D eigenvalue weighted by Crippen LogP contribution is -2.35. The molecule has 3 nitrogen and oxygen atoms in total. The van der Waals surface area contributed by atoms with Crippen molar-refractivity contribution in [1.82, 2.24) is 4.90 Å². The first-order valence-electron chi connectivity index (χ1n) is 6.94. The van der Waals surface area contributed by atoms with Crippen molar-refractivity contribution in [2.45, 2.75) is 19.4 Å². The number of hydrogen-bond acceptors (Lipinski definition) is 3. The van der Waals surface area contributed by atoms with E-state index in [0.717, 1.165) is 32.6 Å². The van der Waals surface area contributed by atoms with E-state index in [4.69, 9.17) is 9.84 Å². The zero-order chi connectivity index (χ0) is 13.5. The minimum atomic E-state index is -0.176. The fraction of sp³-hybridized carbons (Fsp3) is 0.600. The summed E-state index contributed by atoms with van der Waals surface area (Å²) in [6, 6.07) is 6.83. The van der Waals surface area contributed by atoms with Crippen molar-refractivity contribution in [3.8, 4) is 0 Å². The summed E-state index contributed by atoms with van der Waals surface area (Å²) >= 11 is 0. The van der Waals surface area contributed by atoms with E-state index in [9.17, 15) is 4.39 Å². The molecule has 4 heteroatoms. The lowest BCUT2D eigenvalue weighted by Gasteiger charge is -2.29. The Morgan fingerprint density at radius 1 is 1.37 bits per heavy atom. The van der Waals surface area contributed by atoms with Crippen LogP contribution in [0.25, 0.3) is 0 Å². The van der Waals surface area contributed by atoms with Crippen molar-refractivity contribution in [2.24, 2.45) is 5.92 Å². The molecule has 1 atom stereocenters. The quantitative estimate of drug-likeness (QED) is 0.856. The van der Waals surface area contributed by atoms with Gasteiger partial charge in [0.05, 0.1) is 13.2 Å². The van der Waals surface area contributed by atoms with Gasteiger partial charge < -0.3 is 9.84 Å². The van der Waals surface area contributed by atoms with Crippen molar-refractivity contribution in [3.63, 3.8) is 0 Å². The third kappa shape index (κ3) is 4.56. The van der Waals surface area contributed by atoms with Crippen LogP contribution in [0.5, 0.6) is 0 Å². The third-order valence-electron chi connectivity index (χ3n) is 3.54. The highest BCUT2D eigenvalue weighted by Crippen LogP contribution is 2.17. The van der Waals surface area contributed by atoms with Gasteiger partial charge in [0.2, 0.25) is 0 Å². The maximum absolute atomic E-state index is 13.7. The molecular weight excluding hydrogens is 245 g/mol. The van der Waals surface area contributed by atoms with Crippen LogP contribution in [0.4, 0.5) is 4.39 Å². The molecule has 1 fully saturated rings. The molecule has 106 valence electrons. The lowest BCUT2D eigenvalue weighted by molar-refractivity contribution is 0.0343. The molecule has 0 unspecified atom stereocenters. The van der Waals surface area contributed by atoms with Gasteiger partial charge in [0.25, 0.3) is 0 Å². The highest BCUT2D eigenvalue weighted by molar-refractivity contribution is 5.17. The number of halogens is 1. The molecule has 1 aliphatic heterocycles. The van der Waals surface area contributed by atoms with Gasteiger partial charge in [-0.3, -0.25) is 4.90 Å². The molecule has 1 heterocycles. The van der Waals surface area contributed by atoms with E-state index < -0.39 is 0 Å². The predicted octanol–water partition coefficient (Wildman–Crippen LogP) is 2.05. The molecule has 0 aromatic heterocycles. The molecule has 1 N–H and O–H groups in total. The Balaban J connectivity index is 1.93. The fourth-order valence-electron chi connectivity index (χ4n) is 2.56. The molecule has 1 aromatic carbocycles. The summed E-state index contributed by atoms with van der Waals surface area (Å²) < 4.78 is 19.1. The summed E-state index contributed by atoms with van der Waals surface area (Å²) in [5.74, 6) is 0.317. The normalized spacial score (nSPS) is 19.8. The molecule has 0 saturated carbocycles. The highest BCUT2D eigenvalue weighted by atomic mass is 19.1. The first-order valence-corrected chi connectivity index (χ1v) is 6.94. The summed E-state index contributed by atoms with van der Waals surface area (Å²) in [7, 11) is 0. The van der Waals surface area contributed by atoms with E-state index in [1.54, 1.807) is 12.1 Å². The van der Waals surface area contributed by atoms with Crippen molar-refractivity contribution in [1.29, 1.82) is 0 Å². The predicted molar refractivity (Wildman–Crippen MR) is 72.3 cm³/mol. The highest BCUT2D eigenvalue weighted by Gasteiger charge is 2.18. The summed E-state index contributed by atoms with van der Waals surface area (Å²) in [5, 5.41) is 9.15. The van der Waals surface area contributed by atoms with Crippen LogP contribution in [0.3, 0.4) is 0 Å². The summed E-state index contributed by atoms with van der Waals surface area (Å²) in [6.07, 6.45) is 2.25. The van der Waals surface area contributed by atoms with Crippen LogP contribution in [0.1, 0.15) is 18.4 Å². The van der Waals surface area contributed by atoms with E-state index in [-0.39, 0.29) is 12.4 Å². The Kier molecular flexibility index (Phi) is 5.76. The molecule has 1 saturated heterocycles. The van der Waals surface area contributed by atoms with Gasteiger partial charge in [-0.25, -0.2) is 4.39 Å². The summed E-state index contributed by atoms with van der Waals surface area (Å²) in [5.41, 5.74) is 0.688. The minimum absolute atomic E-state index is 0.0992. The van der Waals surface area contributed by atoms with E-state index in [0.29, 0.717) is 24.6 Å². The van der Waals surface area contributed by atoms with E-state index in [1.807, 2.05) is 6.07 Å². The Bertz CT molecular complexity index is 380. The number of nitrogens with zero attached hydrogens (tertiary/aromatic N) is 1. The van der Waals surface area contributed by atoms with Crippen molar-refractivity contribution < 1.29 is 14.2 Å². The van der Waals surface area contributed by atoms with Crippen LogP contribution in [0.2, 0.25) is 0 Å². The van der Waals surface area contributed by atoms with Crippen LogP contribution in [-0.4, -0.2) is 42.9 Å². The average Bonchev–Trinajstić information content (AvgIpc) is 2.43. The van der Waals surface area contributed by atoms with Gasteiger partial charge in [-0.2, -0.15) is 0 Å². The van der Waals surface area contributed by atoms with Crippen LogP contribution in [0, 0.1) is 11.7 Å². The first-order chi connectivity index (χ1) is 9.29. The van der Waals surface area contributed by atoms with Gasteiger partial charge in [0.15, 0.2) is 0 Å². The van der Waals surface area contributed by atoms with Gasteiger partial charge in [0.1, 0.15) is 5.82 Å². The third-order valence-corrected chi connectivity index (χ3v) is 3.54. The van der Waals surface area contributed by atoms with Crippen molar-refractivity contribution in [3.05, 3.63) is 35.6 Å². The zero-order valence-electron chi connectivity index (χ0n) is 11.2. The van der Waals surface area contributed by atoms with Crippen LogP contribution >= 0.6 is 0 Å². The van der Waals surface area contributed by atoms with E-state index >= 15 is 0 Å². The molecule has 0 bridgehead atoms. The Hall–Kier alpha value is -0.970. The number of rotatable bonds is 6. The SMILES string of the molecule is OCCN(Cc1ccccc1F)C[C@H]1CCCOC1. The monoisotopic (exact) mass is 267 g/mol. The molecule has 2 rings (SSSR count). The molecule has 1 aromatic rings. The standard InChI is InChI=1S/C15H22FNO2/c16-15-6-2-1-5-14(15)11-17(7-8-18)10-13-4-3-9-19-12-13/h1-2,5-6,13,18H,3-4,7-12H2/t13-/m1/s1. The van der Waals surface area contributed by atoms with Crippen molar-refractivity contribution >= 4 is 0 Å². The average molecular weight is 267 g/mol. The number of aliphatic hydroxyl groups is 1. The lowest BCUT2D eigenvalue weighted by atomic mass is 10.0. The Labute approximate surface area is 114 Å². The van der Waals surface area contributed by atoms with Gasteiger partial charge >= 0.3 is 0 Å². The van der Waals surface area contributed by atoms with Crippen LogP contribution in [-0.2, 0) is 11.3 Å². The van der Waals surface area contributed by atoms with E-state index in [1.165, 1.54) is 6.07 Å². The molecule has 0 radical (unpaired) electrons. The van der Waals surface area contributed by atoms with Gasteiger partial charge in [-0.1, -0.05) is 18.2 Å². The Morgan fingerprint density at radius 2 is 2.21 bits per heavy atom. The molecule has 0 aliphatic carbocycles. The molecule has 0 spiro atoms. The minimum Gasteiger partial charge on any atom is -0.395 e. The van der Waals surface area contributed by atoms with Crippen LogP contribution in [0.15, 0.2) is 24.3 Å². The fourth-order valence-corrected chi connectivity index (χ4v) is 2.56. The maximum Gasteiger partial charge on any atom is 0.127 e. The smallest absolute Gasteiger partial charge is 0.127 e. The van der Waals surface area contributed by atoms with Crippen LogP contribution < -0.4 is 0 Å². The largest absolute Gasteiger partial charge is 0.395 e. The number of aliphatic hydroxyl groups excluding tert-OH is 1. The summed E-state index contributed by atoms with van der Waals surface area (Å²) in [4.78, 5) is 2.11. The number of hydrogen-bond donors (Lipinski definition) is 1. The second-order valence-electron chi connectivity index (χ2n) is 5.13.